The highest BCUT2D eigenvalue weighted by Crippen LogP contribution is 2.40. The van der Waals surface area contributed by atoms with Gasteiger partial charge in [-0.25, -0.2) is 9.97 Å². The number of hydrogen-bond donors (Lipinski definition) is 0. The first-order valence-electron chi connectivity index (χ1n) is 18.0. The van der Waals surface area contributed by atoms with Gasteiger partial charge in [-0.05, 0) is 57.9 Å². The Morgan fingerprint density at radius 1 is 0.627 bits per heavy atom. The van der Waals surface area contributed by atoms with Crippen LogP contribution in [-0.4, -0.2) is 36.7 Å². The molecule has 252 valence electrons. The molecule has 1 aliphatic rings. The Bertz CT molecular complexity index is 2130. The van der Waals surface area contributed by atoms with Crippen LogP contribution in [0.25, 0.3) is 22.5 Å². The summed E-state index contributed by atoms with van der Waals surface area (Å²) in [6.07, 6.45) is 3.95. The lowest BCUT2D eigenvalue weighted by molar-refractivity contribution is 0.396. The normalized spacial score (nSPS) is 12.9. The van der Waals surface area contributed by atoms with Crippen molar-refractivity contribution in [1.29, 1.82) is 0 Å². The van der Waals surface area contributed by atoms with Crippen LogP contribution in [0.4, 0.5) is 5.82 Å². The highest BCUT2D eigenvalue weighted by Gasteiger charge is 2.41. The summed E-state index contributed by atoms with van der Waals surface area (Å²) in [5.74, 6) is 2.62. The van der Waals surface area contributed by atoms with Crippen LogP contribution in [0.2, 0.25) is 0 Å². The summed E-state index contributed by atoms with van der Waals surface area (Å²) in [6.45, 7) is 6.14. The van der Waals surface area contributed by atoms with Crippen LogP contribution in [0.1, 0.15) is 59.6 Å². The third kappa shape index (κ3) is 5.99. The number of aromatic nitrogens is 6. The average molecular weight is 668 g/mol. The molecule has 0 radical (unpaired) electrons. The van der Waals surface area contributed by atoms with E-state index in [9.17, 15) is 0 Å². The van der Waals surface area contributed by atoms with E-state index in [1.165, 1.54) is 16.8 Å². The molecule has 0 spiro atoms. The Labute approximate surface area is 299 Å². The van der Waals surface area contributed by atoms with Crippen LogP contribution >= 0.6 is 0 Å². The standard InChI is InChI=1S/C44H41N7/c1-3-40-39-25-16-30-50(43(39)46-41(4-2)45-40)31-32-26-28-33(29-27-32)37-23-14-15-24-38(37)42-47-49-51(48-42)44(34-17-8-5-9-18-34,35-19-10-6-11-20-35)36-21-12-7-13-22-36/h5-15,17-24,26-29H,3-4,16,25,30-31H2,1-2H3. The third-order valence-corrected chi connectivity index (χ3v) is 10.0. The van der Waals surface area contributed by atoms with Gasteiger partial charge in [0.2, 0.25) is 5.82 Å². The molecule has 0 saturated carbocycles. The third-order valence-electron chi connectivity index (χ3n) is 10.0. The lowest BCUT2D eigenvalue weighted by Gasteiger charge is -2.34. The fraction of sp³-hybridized carbons (Fsp3) is 0.205. The van der Waals surface area contributed by atoms with Crippen molar-refractivity contribution in [2.24, 2.45) is 0 Å². The first-order valence-corrected chi connectivity index (χ1v) is 18.0. The molecule has 0 aliphatic carbocycles. The van der Waals surface area contributed by atoms with Gasteiger partial charge in [0.05, 0.1) is 0 Å². The van der Waals surface area contributed by atoms with Crippen molar-refractivity contribution in [3.63, 3.8) is 0 Å². The van der Waals surface area contributed by atoms with E-state index < -0.39 is 5.54 Å². The van der Waals surface area contributed by atoms with Gasteiger partial charge in [0.25, 0.3) is 0 Å². The highest BCUT2D eigenvalue weighted by molar-refractivity contribution is 5.80. The minimum atomic E-state index is -0.834. The van der Waals surface area contributed by atoms with E-state index in [1.807, 2.05) is 24.3 Å². The second-order valence-corrected chi connectivity index (χ2v) is 13.1. The summed E-state index contributed by atoms with van der Waals surface area (Å²) in [7, 11) is 0. The van der Waals surface area contributed by atoms with E-state index in [4.69, 9.17) is 25.4 Å². The number of tetrazole rings is 1. The van der Waals surface area contributed by atoms with E-state index >= 15 is 0 Å². The summed E-state index contributed by atoms with van der Waals surface area (Å²) >= 11 is 0. The second kappa shape index (κ2) is 14.1. The number of rotatable bonds is 10. The molecule has 2 aromatic heterocycles. The maximum absolute atomic E-state index is 5.19. The zero-order valence-electron chi connectivity index (χ0n) is 29.2. The van der Waals surface area contributed by atoms with Crippen molar-refractivity contribution < 1.29 is 0 Å². The Balaban J connectivity index is 1.15. The lowest BCUT2D eigenvalue weighted by atomic mass is 9.77. The predicted molar refractivity (Wildman–Crippen MR) is 203 cm³/mol. The van der Waals surface area contributed by atoms with Gasteiger partial charge in [-0.3, -0.25) is 0 Å². The summed E-state index contributed by atoms with van der Waals surface area (Å²) in [4.78, 5) is 14.1. The molecule has 0 N–H and O–H groups in total. The smallest absolute Gasteiger partial charge is 0.205 e. The Kier molecular flexibility index (Phi) is 8.93. The molecule has 1 aliphatic heterocycles. The van der Waals surface area contributed by atoms with E-state index in [0.29, 0.717) is 5.82 Å². The van der Waals surface area contributed by atoms with Crippen molar-refractivity contribution in [3.05, 3.63) is 179 Å². The molecule has 0 atom stereocenters. The quantitative estimate of drug-likeness (QED) is 0.136. The van der Waals surface area contributed by atoms with Crippen molar-refractivity contribution in [1.82, 2.24) is 30.2 Å². The molecule has 51 heavy (non-hydrogen) atoms. The largest absolute Gasteiger partial charge is 0.352 e. The number of aryl methyl sites for hydroxylation is 2. The van der Waals surface area contributed by atoms with Gasteiger partial charge >= 0.3 is 0 Å². The number of fused-ring (bicyclic) bond motifs is 1. The molecule has 7 aromatic rings. The maximum Gasteiger partial charge on any atom is 0.205 e. The number of anilines is 1. The summed E-state index contributed by atoms with van der Waals surface area (Å²) in [5, 5.41) is 14.7. The molecular weight excluding hydrogens is 627 g/mol. The van der Waals surface area contributed by atoms with Crippen LogP contribution < -0.4 is 4.90 Å². The zero-order valence-corrected chi connectivity index (χ0v) is 29.2. The molecule has 7 nitrogen and oxygen atoms in total. The predicted octanol–water partition coefficient (Wildman–Crippen LogP) is 8.71. The molecule has 8 rings (SSSR count). The van der Waals surface area contributed by atoms with E-state index in [-0.39, 0.29) is 0 Å². The molecule has 0 unspecified atom stereocenters. The van der Waals surface area contributed by atoms with E-state index in [2.05, 4.69) is 134 Å². The van der Waals surface area contributed by atoms with E-state index in [0.717, 1.165) is 83.8 Å². The first-order chi connectivity index (χ1) is 25.2. The summed E-state index contributed by atoms with van der Waals surface area (Å²) < 4.78 is 0. The van der Waals surface area contributed by atoms with Gasteiger partial charge in [-0.15, -0.1) is 15.0 Å². The van der Waals surface area contributed by atoms with Gasteiger partial charge in [-0.1, -0.05) is 153 Å². The topological polar surface area (TPSA) is 72.6 Å². The van der Waals surface area contributed by atoms with Crippen LogP contribution in [-0.2, 0) is 31.3 Å². The molecule has 5 aromatic carbocycles. The lowest BCUT2D eigenvalue weighted by Crippen LogP contribution is -2.39. The highest BCUT2D eigenvalue weighted by atomic mass is 15.6. The molecule has 3 heterocycles. The maximum atomic E-state index is 5.19. The molecule has 0 bridgehead atoms. The average Bonchev–Trinajstić information content (AvgIpc) is 3.70. The van der Waals surface area contributed by atoms with Gasteiger partial charge < -0.3 is 4.90 Å². The Morgan fingerprint density at radius 2 is 1.22 bits per heavy atom. The van der Waals surface area contributed by atoms with Gasteiger partial charge in [-0.2, -0.15) is 0 Å². The molecular formula is C44H41N7. The monoisotopic (exact) mass is 667 g/mol. The van der Waals surface area contributed by atoms with Crippen LogP contribution in [0.5, 0.6) is 0 Å². The molecule has 0 saturated heterocycles. The second-order valence-electron chi connectivity index (χ2n) is 13.1. The number of hydrogen-bond acceptors (Lipinski definition) is 6. The van der Waals surface area contributed by atoms with Crippen LogP contribution in [0.3, 0.4) is 0 Å². The summed E-state index contributed by atoms with van der Waals surface area (Å²) in [6, 6.07) is 48.6. The Morgan fingerprint density at radius 3 is 1.80 bits per heavy atom. The van der Waals surface area contributed by atoms with Crippen LogP contribution in [0, 0.1) is 0 Å². The van der Waals surface area contributed by atoms with Gasteiger partial charge in [0.15, 0.2) is 5.54 Å². The number of benzene rings is 5. The molecule has 0 amide bonds. The zero-order chi connectivity index (χ0) is 34.6. The van der Waals surface area contributed by atoms with Crippen LogP contribution in [0.15, 0.2) is 140 Å². The number of nitrogens with zero attached hydrogens (tertiary/aromatic N) is 7. The van der Waals surface area contributed by atoms with Gasteiger partial charge in [0.1, 0.15) is 11.6 Å². The Hall–Kier alpha value is -5.95. The fourth-order valence-electron chi connectivity index (χ4n) is 7.53. The van der Waals surface area contributed by atoms with Gasteiger partial charge in [0, 0.05) is 36.3 Å². The summed E-state index contributed by atoms with van der Waals surface area (Å²) in [5.41, 5.74) is 9.19. The van der Waals surface area contributed by atoms with E-state index in [1.54, 1.807) is 4.80 Å². The van der Waals surface area contributed by atoms with Crippen molar-refractivity contribution in [2.45, 2.75) is 51.6 Å². The SMILES string of the molecule is CCc1nc(CC)c2c(n1)N(Cc1ccc(-c3ccccc3-c3nnn(C(c4ccccc4)(c4ccccc4)c4ccccc4)n3)cc1)CCC2. The minimum absolute atomic E-state index is 0.574. The fourth-order valence-corrected chi connectivity index (χ4v) is 7.53. The molecule has 0 fully saturated rings. The van der Waals surface area contributed by atoms with Crippen molar-refractivity contribution in [3.8, 4) is 22.5 Å². The minimum Gasteiger partial charge on any atom is -0.352 e. The van der Waals surface area contributed by atoms with Crippen molar-refractivity contribution in [2.75, 3.05) is 11.4 Å². The van der Waals surface area contributed by atoms with Crippen molar-refractivity contribution >= 4 is 5.82 Å². The first kappa shape index (κ1) is 32.3. The molecule has 7 heteroatoms.